The van der Waals surface area contributed by atoms with Crippen molar-refractivity contribution in [2.45, 2.75) is 6.61 Å². The van der Waals surface area contributed by atoms with Gasteiger partial charge in [-0.1, -0.05) is 5.21 Å². The number of hydrogen-bond donors (Lipinski definition) is 2. The van der Waals surface area contributed by atoms with Crippen molar-refractivity contribution in [1.82, 2.24) is 15.4 Å². The van der Waals surface area contributed by atoms with Crippen LogP contribution in [0.4, 0.5) is 0 Å². The van der Waals surface area contributed by atoms with Crippen molar-refractivity contribution in [1.29, 1.82) is 0 Å². The number of aromatic amines is 1. The van der Waals surface area contributed by atoms with Gasteiger partial charge < -0.3 is 0 Å². The second-order valence-corrected chi connectivity index (χ2v) is 1.29. The number of rotatable bonds is 2. The Morgan fingerprint density at radius 1 is 1.88 bits per heavy atom. The van der Waals surface area contributed by atoms with Crippen LogP contribution in [0.25, 0.3) is 0 Å². The van der Waals surface area contributed by atoms with Gasteiger partial charge in [-0.2, -0.15) is 0 Å². The van der Waals surface area contributed by atoms with Gasteiger partial charge >= 0.3 is 0 Å². The van der Waals surface area contributed by atoms with Crippen LogP contribution < -0.4 is 5.90 Å². The molecule has 1 heterocycles. The Bertz CT molecular complexity index is 137. The number of nitrogens with one attached hydrogen (secondary N) is 1. The van der Waals surface area contributed by atoms with Crippen molar-refractivity contribution in [2.75, 3.05) is 0 Å². The van der Waals surface area contributed by atoms with Crippen molar-refractivity contribution in [3.05, 3.63) is 11.9 Å². The lowest BCUT2D eigenvalue weighted by atomic mass is 10.5. The second-order valence-electron chi connectivity index (χ2n) is 1.29. The van der Waals surface area contributed by atoms with Gasteiger partial charge in [0, 0.05) is 0 Å². The quantitative estimate of drug-likeness (QED) is 0.493. The van der Waals surface area contributed by atoms with Crippen molar-refractivity contribution in [3.8, 4) is 0 Å². The minimum absolute atomic E-state index is 0.326. The average molecular weight is 114 g/mol. The van der Waals surface area contributed by atoms with Crippen LogP contribution in [0.3, 0.4) is 0 Å². The molecule has 3 N–H and O–H groups in total. The summed E-state index contributed by atoms with van der Waals surface area (Å²) in [5, 5.41) is 9.50. The lowest BCUT2D eigenvalue weighted by Crippen LogP contribution is -1.98. The summed E-state index contributed by atoms with van der Waals surface area (Å²) in [7, 11) is 0. The molecule has 0 aliphatic heterocycles. The molecule has 0 atom stereocenters. The Kier molecular flexibility index (Phi) is 1.55. The molecule has 0 bridgehead atoms. The first-order valence-corrected chi connectivity index (χ1v) is 2.10. The summed E-state index contributed by atoms with van der Waals surface area (Å²) in [6, 6.07) is 0. The highest BCUT2D eigenvalue weighted by molar-refractivity contribution is 4.86. The van der Waals surface area contributed by atoms with E-state index < -0.39 is 0 Å². The molecule has 5 heteroatoms. The Hall–Kier alpha value is -0.940. The van der Waals surface area contributed by atoms with Crippen LogP contribution in [-0.2, 0) is 11.4 Å². The van der Waals surface area contributed by atoms with E-state index in [0.29, 0.717) is 6.61 Å². The van der Waals surface area contributed by atoms with Crippen molar-refractivity contribution in [2.24, 2.45) is 5.90 Å². The number of hydrogen-bond acceptors (Lipinski definition) is 4. The molecule has 1 aromatic rings. The predicted molar refractivity (Wildman–Crippen MR) is 25.4 cm³/mol. The van der Waals surface area contributed by atoms with E-state index in [4.69, 9.17) is 5.90 Å². The van der Waals surface area contributed by atoms with Crippen LogP contribution in [0.5, 0.6) is 0 Å². The van der Waals surface area contributed by atoms with E-state index in [-0.39, 0.29) is 0 Å². The largest absolute Gasteiger partial charge is 0.298 e. The van der Waals surface area contributed by atoms with Crippen molar-refractivity contribution in [3.63, 3.8) is 0 Å². The fraction of sp³-hybridized carbons (Fsp3) is 0.333. The van der Waals surface area contributed by atoms with Crippen molar-refractivity contribution >= 4 is 0 Å². The maximum atomic E-state index is 4.74. The van der Waals surface area contributed by atoms with E-state index in [1.807, 2.05) is 0 Å². The van der Waals surface area contributed by atoms with E-state index in [1.165, 1.54) is 0 Å². The molecule has 0 aromatic carbocycles. The minimum atomic E-state index is 0.326. The molecule has 0 amide bonds. The summed E-state index contributed by atoms with van der Waals surface area (Å²) < 4.78 is 0. The summed E-state index contributed by atoms with van der Waals surface area (Å²) >= 11 is 0. The molecule has 1 rings (SSSR count). The van der Waals surface area contributed by atoms with Crippen LogP contribution in [0.1, 0.15) is 5.69 Å². The summed E-state index contributed by atoms with van der Waals surface area (Å²) in [5.74, 6) is 4.74. The number of nitrogens with zero attached hydrogens (tertiary/aromatic N) is 2. The first-order chi connectivity index (χ1) is 3.93. The topological polar surface area (TPSA) is 76.8 Å². The third-order valence-corrected chi connectivity index (χ3v) is 0.704. The lowest BCUT2D eigenvalue weighted by molar-refractivity contribution is 0.121. The fourth-order valence-corrected chi connectivity index (χ4v) is 0.380. The van der Waals surface area contributed by atoms with Gasteiger partial charge in [0.1, 0.15) is 6.61 Å². The van der Waals surface area contributed by atoms with Gasteiger partial charge in [0.05, 0.1) is 11.9 Å². The molecule has 44 valence electrons. The van der Waals surface area contributed by atoms with Gasteiger partial charge in [0.15, 0.2) is 0 Å². The van der Waals surface area contributed by atoms with Gasteiger partial charge in [0.25, 0.3) is 0 Å². The summed E-state index contributed by atoms with van der Waals surface area (Å²) in [6.07, 6.45) is 1.55. The summed E-state index contributed by atoms with van der Waals surface area (Å²) in [4.78, 5) is 4.27. The normalized spacial score (nSPS) is 9.62. The minimum Gasteiger partial charge on any atom is -0.298 e. The average Bonchev–Trinajstić information content (AvgIpc) is 2.19. The van der Waals surface area contributed by atoms with Gasteiger partial charge in [0.2, 0.25) is 0 Å². The zero-order chi connectivity index (χ0) is 5.82. The molecule has 5 nitrogen and oxygen atoms in total. The zero-order valence-electron chi connectivity index (χ0n) is 4.16. The Morgan fingerprint density at radius 2 is 2.75 bits per heavy atom. The Morgan fingerprint density at radius 3 is 3.25 bits per heavy atom. The van der Waals surface area contributed by atoms with E-state index >= 15 is 0 Å². The van der Waals surface area contributed by atoms with Crippen molar-refractivity contribution < 1.29 is 4.84 Å². The smallest absolute Gasteiger partial charge is 0.111 e. The maximum Gasteiger partial charge on any atom is 0.111 e. The molecule has 8 heavy (non-hydrogen) atoms. The van der Waals surface area contributed by atoms with Crippen LogP contribution in [0.2, 0.25) is 0 Å². The molecule has 0 aliphatic carbocycles. The predicted octanol–water partition coefficient (Wildman–Crippen LogP) is -0.805. The molecule has 1 aromatic heterocycles. The fourth-order valence-electron chi connectivity index (χ4n) is 0.380. The summed E-state index contributed by atoms with van der Waals surface area (Å²) in [5.41, 5.74) is 0.771. The molecular formula is C3H6N4O. The molecule has 0 aliphatic rings. The van der Waals surface area contributed by atoms with Crippen LogP contribution >= 0.6 is 0 Å². The maximum absolute atomic E-state index is 4.74. The molecule has 0 saturated carbocycles. The molecule has 0 radical (unpaired) electrons. The van der Waals surface area contributed by atoms with Crippen LogP contribution in [0.15, 0.2) is 6.20 Å². The van der Waals surface area contributed by atoms with Gasteiger partial charge in [-0.25, -0.2) is 5.90 Å². The number of nitrogens with two attached hydrogens (primary N) is 1. The van der Waals surface area contributed by atoms with Gasteiger partial charge in [-0.3, -0.25) is 9.94 Å². The second kappa shape index (κ2) is 2.39. The van der Waals surface area contributed by atoms with Crippen LogP contribution in [-0.4, -0.2) is 15.4 Å². The summed E-state index contributed by atoms with van der Waals surface area (Å²) in [6.45, 7) is 0.326. The monoisotopic (exact) mass is 114 g/mol. The SMILES string of the molecule is NOCc1cnn[nH]1. The highest BCUT2D eigenvalue weighted by Crippen LogP contribution is 1.86. The van der Waals surface area contributed by atoms with Crippen LogP contribution in [0, 0.1) is 0 Å². The van der Waals surface area contributed by atoms with Gasteiger partial charge in [-0.05, 0) is 0 Å². The Labute approximate surface area is 45.8 Å². The molecular weight excluding hydrogens is 108 g/mol. The standard InChI is InChI=1S/C3H6N4O/c4-8-2-3-1-5-7-6-3/h1H,2,4H2,(H,5,6,7). The molecule has 0 fully saturated rings. The highest BCUT2D eigenvalue weighted by atomic mass is 16.6. The first-order valence-electron chi connectivity index (χ1n) is 2.10. The molecule has 0 saturated heterocycles. The third-order valence-electron chi connectivity index (χ3n) is 0.704. The molecule has 0 spiro atoms. The van der Waals surface area contributed by atoms with Gasteiger partial charge in [-0.15, -0.1) is 5.10 Å². The van der Waals surface area contributed by atoms with E-state index in [9.17, 15) is 0 Å². The van der Waals surface area contributed by atoms with E-state index in [2.05, 4.69) is 20.2 Å². The zero-order valence-corrected chi connectivity index (χ0v) is 4.16. The highest BCUT2D eigenvalue weighted by Gasteiger charge is 1.89. The lowest BCUT2D eigenvalue weighted by Gasteiger charge is -1.87. The third kappa shape index (κ3) is 1.02. The van der Waals surface area contributed by atoms with E-state index in [0.717, 1.165) is 5.69 Å². The Balaban J connectivity index is 2.50. The molecule has 0 unspecified atom stereocenters. The first kappa shape index (κ1) is 5.20. The number of aromatic nitrogens is 3. The van der Waals surface area contributed by atoms with E-state index in [1.54, 1.807) is 6.20 Å². The number of H-pyrrole nitrogens is 1.